The van der Waals surface area contributed by atoms with E-state index in [9.17, 15) is 9.59 Å². The van der Waals surface area contributed by atoms with Gasteiger partial charge in [-0.2, -0.15) is 4.98 Å². The molecule has 0 saturated heterocycles. The molecular weight excluding hydrogens is 420 g/mol. The molecule has 1 fully saturated rings. The van der Waals surface area contributed by atoms with Gasteiger partial charge in [0.05, 0.1) is 24.4 Å². The van der Waals surface area contributed by atoms with Crippen molar-refractivity contribution in [3.63, 3.8) is 0 Å². The summed E-state index contributed by atoms with van der Waals surface area (Å²) in [6.45, 7) is 4.59. The van der Waals surface area contributed by atoms with Gasteiger partial charge in [-0.1, -0.05) is 12.8 Å². The minimum atomic E-state index is -0.537. The normalized spacial score (nSPS) is 18.0. The average Bonchev–Trinajstić information content (AvgIpc) is 3.34. The Bertz CT molecular complexity index is 1060. The van der Waals surface area contributed by atoms with E-state index in [2.05, 4.69) is 20.5 Å². The van der Waals surface area contributed by atoms with Crippen LogP contribution in [0.5, 0.6) is 5.75 Å². The Morgan fingerprint density at radius 2 is 1.97 bits per heavy atom. The third-order valence-electron chi connectivity index (χ3n) is 6.54. The number of rotatable bonds is 5. The minimum absolute atomic E-state index is 0.0556. The van der Waals surface area contributed by atoms with Crippen LogP contribution >= 0.6 is 0 Å². The summed E-state index contributed by atoms with van der Waals surface area (Å²) in [6.07, 6.45) is 6.26. The van der Waals surface area contributed by atoms with Crippen LogP contribution in [0.2, 0.25) is 0 Å². The molecule has 1 aliphatic carbocycles. The van der Waals surface area contributed by atoms with Crippen LogP contribution in [0, 0.1) is 5.41 Å². The summed E-state index contributed by atoms with van der Waals surface area (Å²) in [5, 5.41) is 5.84. The number of hydrogen-bond donors (Lipinski definition) is 2. The predicted octanol–water partition coefficient (Wildman–Crippen LogP) is 3.34. The molecule has 0 atom stereocenters. The SMILES string of the molecule is CNC(=O)c1ccc(Nc2ncc3c(n2)N(C2CCCC2)CC(C)(C)C(=O)N3C)c(OC)c1. The van der Waals surface area contributed by atoms with Gasteiger partial charge in [-0.15, -0.1) is 0 Å². The fourth-order valence-corrected chi connectivity index (χ4v) is 4.72. The molecule has 1 aromatic carbocycles. The Morgan fingerprint density at radius 1 is 1.24 bits per heavy atom. The quantitative estimate of drug-likeness (QED) is 0.718. The lowest BCUT2D eigenvalue weighted by atomic mass is 9.91. The second-order valence-electron chi connectivity index (χ2n) is 9.34. The van der Waals surface area contributed by atoms with Crippen LogP contribution in [0.15, 0.2) is 24.4 Å². The van der Waals surface area contributed by atoms with Crippen molar-refractivity contribution in [3.05, 3.63) is 30.0 Å². The summed E-state index contributed by atoms with van der Waals surface area (Å²) in [6, 6.07) is 5.51. The molecule has 33 heavy (non-hydrogen) atoms. The fraction of sp³-hybridized carbons (Fsp3) is 0.500. The van der Waals surface area contributed by atoms with Crippen LogP contribution in [0.3, 0.4) is 0 Å². The highest BCUT2D eigenvalue weighted by atomic mass is 16.5. The monoisotopic (exact) mass is 452 g/mol. The topological polar surface area (TPSA) is 99.7 Å². The molecule has 2 aliphatic rings. The third kappa shape index (κ3) is 4.31. The van der Waals surface area contributed by atoms with E-state index < -0.39 is 5.41 Å². The van der Waals surface area contributed by atoms with Crippen LogP contribution < -0.4 is 25.2 Å². The zero-order valence-corrected chi connectivity index (χ0v) is 19.9. The Hall–Kier alpha value is -3.36. The predicted molar refractivity (Wildman–Crippen MR) is 128 cm³/mol. The highest BCUT2D eigenvalue weighted by molar-refractivity contribution is 6.01. The number of hydrogen-bond acceptors (Lipinski definition) is 7. The van der Waals surface area contributed by atoms with Crippen molar-refractivity contribution in [1.29, 1.82) is 0 Å². The molecule has 0 radical (unpaired) electrons. The smallest absolute Gasteiger partial charge is 0.251 e. The number of fused-ring (bicyclic) bond motifs is 1. The first-order valence-corrected chi connectivity index (χ1v) is 11.3. The van der Waals surface area contributed by atoms with E-state index in [4.69, 9.17) is 9.72 Å². The van der Waals surface area contributed by atoms with Gasteiger partial charge in [-0.25, -0.2) is 4.98 Å². The van der Waals surface area contributed by atoms with Crippen LogP contribution in [-0.2, 0) is 4.79 Å². The van der Waals surface area contributed by atoms with Crippen molar-refractivity contribution >= 4 is 35.0 Å². The van der Waals surface area contributed by atoms with E-state index >= 15 is 0 Å². The average molecular weight is 453 g/mol. The van der Waals surface area contributed by atoms with Gasteiger partial charge >= 0.3 is 0 Å². The Kier molecular flexibility index (Phi) is 6.14. The summed E-state index contributed by atoms with van der Waals surface area (Å²) in [5.74, 6) is 1.55. The van der Waals surface area contributed by atoms with E-state index in [-0.39, 0.29) is 11.8 Å². The van der Waals surface area contributed by atoms with Gasteiger partial charge in [-0.05, 0) is 44.9 Å². The zero-order chi connectivity index (χ0) is 23.8. The molecule has 176 valence electrons. The van der Waals surface area contributed by atoms with E-state index in [0.717, 1.165) is 18.7 Å². The number of nitrogens with one attached hydrogen (secondary N) is 2. The van der Waals surface area contributed by atoms with Crippen LogP contribution in [0.4, 0.5) is 23.1 Å². The molecule has 4 rings (SSSR count). The van der Waals surface area contributed by atoms with E-state index in [0.29, 0.717) is 41.2 Å². The van der Waals surface area contributed by atoms with Gasteiger partial charge in [0.2, 0.25) is 11.9 Å². The van der Waals surface area contributed by atoms with Gasteiger partial charge in [-0.3, -0.25) is 9.59 Å². The standard InChI is InChI=1S/C24H32N6O3/c1-24(2)14-30(16-8-6-7-9-16)20-18(29(4)22(24)32)13-26-23(28-20)27-17-11-10-15(21(31)25-3)12-19(17)33-5/h10-13,16H,6-9,14H2,1-5H3,(H,25,31)(H,26,27,28). The van der Waals surface area contributed by atoms with E-state index in [1.54, 1.807) is 50.5 Å². The van der Waals surface area contributed by atoms with Crippen molar-refractivity contribution in [1.82, 2.24) is 15.3 Å². The van der Waals surface area contributed by atoms with Crippen molar-refractivity contribution in [2.75, 3.05) is 42.9 Å². The zero-order valence-electron chi connectivity index (χ0n) is 19.9. The summed E-state index contributed by atoms with van der Waals surface area (Å²) in [5.41, 5.74) is 1.32. The maximum Gasteiger partial charge on any atom is 0.251 e. The molecule has 9 heteroatoms. The highest BCUT2D eigenvalue weighted by Crippen LogP contribution is 2.40. The number of benzene rings is 1. The first kappa shape index (κ1) is 22.8. The summed E-state index contributed by atoms with van der Waals surface area (Å²) < 4.78 is 5.48. The molecule has 1 aliphatic heterocycles. The Labute approximate surface area is 194 Å². The van der Waals surface area contributed by atoms with Crippen molar-refractivity contribution < 1.29 is 14.3 Å². The van der Waals surface area contributed by atoms with Gasteiger partial charge < -0.3 is 25.2 Å². The lowest BCUT2D eigenvalue weighted by Gasteiger charge is -2.34. The van der Waals surface area contributed by atoms with Crippen LogP contribution in [0.1, 0.15) is 49.9 Å². The van der Waals surface area contributed by atoms with Crippen LogP contribution in [0.25, 0.3) is 0 Å². The largest absolute Gasteiger partial charge is 0.495 e. The summed E-state index contributed by atoms with van der Waals surface area (Å²) in [7, 11) is 4.93. The van der Waals surface area contributed by atoms with Gasteiger partial charge in [0.1, 0.15) is 11.4 Å². The number of methoxy groups -OCH3 is 1. The van der Waals surface area contributed by atoms with Gasteiger partial charge in [0.25, 0.3) is 5.91 Å². The first-order valence-electron chi connectivity index (χ1n) is 11.3. The second-order valence-corrected chi connectivity index (χ2v) is 9.34. The maximum atomic E-state index is 13.1. The summed E-state index contributed by atoms with van der Waals surface area (Å²) >= 11 is 0. The summed E-state index contributed by atoms with van der Waals surface area (Å²) in [4.78, 5) is 38.4. The Balaban J connectivity index is 1.72. The molecule has 9 nitrogen and oxygen atoms in total. The number of anilines is 4. The van der Waals surface area contributed by atoms with E-state index in [1.807, 2.05) is 13.8 Å². The van der Waals surface area contributed by atoms with Crippen molar-refractivity contribution in [2.45, 2.75) is 45.6 Å². The first-order chi connectivity index (χ1) is 15.7. The Morgan fingerprint density at radius 3 is 2.64 bits per heavy atom. The number of aromatic nitrogens is 2. The molecule has 2 aromatic rings. The minimum Gasteiger partial charge on any atom is -0.495 e. The number of amides is 2. The molecule has 2 N–H and O–H groups in total. The number of carbonyl (C=O) groups is 2. The lowest BCUT2D eigenvalue weighted by molar-refractivity contribution is -0.125. The molecule has 1 aromatic heterocycles. The van der Waals surface area contributed by atoms with Crippen LogP contribution in [-0.4, -0.2) is 55.6 Å². The lowest BCUT2D eigenvalue weighted by Crippen LogP contribution is -2.45. The van der Waals surface area contributed by atoms with Crippen molar-refractivity contribution in [3.8, 4) is 5.75 Å². The third-order valence-corrected chi connectivity index (χ3v) is 6.54. The van der Waals surface area contributed by atoms with Gasteiger partial charge in [0.15, 0.2) is 5.82 Å². The number of ether oxygens (including phenoxy) is 1. The second kappa shape index (κ2) is 8.88. The van der Waals surface area contributed by atoms with E-state index in [1.165, 1.54) is 12.8 Å². The molecule has 0 unspecified atom stereocenters. The number of nitrogens with zero attached hydrogens (tertiary/aromatic N) is 4. The molecule has 0 spiro atoms. The molecule has 1 saturated carbocycles. The fourth-order valence-electron chi connectivity index (χ4n) is 4.72. The molecular formula is C24H32N6O3. The molecule has 0 bridgehead atoms. The van der Waals surface area contributed by atoms with Gasteiger partial charge in [0, 0.05) is 32.2 Å². The number of carbonyl (C=O) groups excluding carboxylic acids is 2. The molecule has 2 amide bonds. The highest BCUT2D eigenvalue weighted by Gasteiger charge is 2.41. The molecule has 2 heterocycles. The van der Waals surface area contributed by atoms with Crippen molar-refractivity contribution in [2.24, 2.45) is 5.41 Å². The maximum absolute atomic E-state index is 13.1.